The van der Waals surface area contributed by atoms with Gasteiger partial charge < -0.3 is 5.32 Å². The molecular weight excluding hydrogens is 153 g/mol. The van der Waals surface area contributed by atoms with Gasteiger partial charge >= 0.3 is 0 Å². The zero-order chi connectivity index (χ0) is 8.97. The van der Waals surface area contributed by atoms with Crippen molar-refractivity contribution in [2.24, 2.45) is 0 Å². The summed E-state index contributed by atoms with van der Waals surface area (Å²) in [5, 5.41) is 2.82. The molecule has 0 spiro atoms. The SMILES string of the molecule is CNCC(F)c1ccccc1C. The Bertz CT molecular complexity index is 247. The van der Waals surface area contributed by atoms with E-state index in [9.17, 15) is 4.39 Å². The van der Waals surface area contributed by atoms with Gasteiger partial charge in [-0.2, -0.15) is 0 Å². The van der Waals surface area contributed by atoms with Crippen molar-refractivity contribution >= 4 is 0 Å². The van der Waals surface area contributed by atoms with Crippen molar-refractivity contribution in [3.8, 4) is 0 Å². The summed E-state index contributed by atoms with van der Waals surface area (Å²) in [6.45, 7) is 2.31. The lowest BCUT2D eigenvalue weighted by Crippen LogP contribution is -2.14. The number of likely N-dealkylation sites (N-methyl/N-ethyl adjacent to an activating group) is 1. The van der Waals surface area contributed by atoms with Crippen LogP contribution in [0.5, 0.6) is 0 Å². The fourth-order valence-electron chi connectivity index (χ4n) is 1.23. The van der Waals surface area contributed by atoms with Crippen LogP contribution in [0.4, 0.5) is 4.39 Å². The van der Waals surface area contributed by atoms with Crippen molar-refractivity contribution in [2.75, 3.05) is 13.6 Å². The lowest BCUT2D eigenvalue weighted by molar-refractivity contribution is 0.334. The van der Waals surface area contributed by atoms with Gasteiger partial charge in [0.2, 0.25) is 0 Å². The summed E-state index contributed by atoms with van der Waals surface area (Å²) in [5.74, 6) is 0. The highest BCUT2D eigenvalue weighted by Gasteiger charge is 2.09. The molecular formula is C10H14FN. The molecule has 1 aromatic carbocycles. The van der Waals surface area contributed by atoms with E-state index in [2.05, 4.69) is 5.32 Å². The van der Waals surface area contributed by atoms with E-state index in [1.807, 2.05) is 31.2 Å². The highest BCUT2D eigenvalue weighted by molar-refractivity contribution is 5.27. The van der Waals surface area contributed by atoms with E-state index in [1.165, 1.54) is 0 Å². The Balaban J connectivity index is 2.79. The molecule has 12 heavy (non-hydrogen) atoms. The molecule has 0 heterocycles. The normalized spacial score (nSPS) is 12.9. The average molecular weight is 167 g/mol. The van der Waals surface area contributed by atoms with Crippen LogP contribution in [0.2, 0.25) is 0 Å². The molecule has 66 valence electrons. The van der Waals surface area contributed by atoms with Gasteiger partial charge in [-0.15, -0.1) is 0 Å². The number of halogens is 1. The molecule has 1 N–H and O–H groups in total. The maximum absolute atomic E-state index is 13.3. The number of hydrogen-bond donors (Lipinski definition) is 1. The smallest absolute Gasteiger partial charge is 0.138 e. The van der Waals surface area contributed by atoms with Crippen molar-refractivity contribution in [3.05, 3.63) is 35.4 Å². The third-order valence-corrected chi connectivity index (χ3v) is 1.91. The molecule has 0 bridgehead atoms. The molecule has 0 amide bonds. The Morgan fingerprint density at radius 1 is 1.42 bits per heavy atom. The second-order valence-electron chi connectivity index (χ2n) is 2.88. The second kappa shape index (κ2) is 4.21. The Labute approximate surface area is 72.6 Å². The molecule has 0 radical (unpaired) electrons. The number of hydrogen-bond acceptors (Lipinski definition) is 1. The lowest BCUT2D eigenvalue weighted by atomic mass is 10.0. The first kappa shape index (κ1) is 9.20. The first-order valence-corrected chi connectivity index (χ1v) is 4.10. The fourth-order valence-corrected chi connectivity index (χ4v) is 1.23. The van der Waals surface area contributed by atoms with Gasteiger partial charge in [0.05, 0.1) is 0 Å². The first-order chi connectivity index (χ1) is 5.75. The van der Waals surface area contributed by atoms with Gasteiger partial charge in [0.1, 0.15) is 6.17 Å². The average Bonchev–Trinajstić information content (AvgIpc) is 2.05. The Kier molecular flexibility index (Phi) is 3.23. The van der Waals surface area contributed by atoms with Gasteiger partial charge in [0.15, 0.2) is 0 Å². The van der Waals surface area contributed by atoms with Gasteiger partial charge in [-0.25, -0.2) is 4.39 Å². The quantitative estimate of drug-likeness (QED) is 0.728. The summed E-state index contributed by atoms with van der Waals surface area (Å²) in [6, 6.07) is 7.55. The topological polar surface area (TPSA) is 12.0 Å². The van der Waals surface area contributed by atoms with Crippen molar-refractivity contribution in [1.29, 1.82) is 0 Å². The van der Waals surface area contributed by atoms with E-state index in [-0.39, 0.29) is 0 Å². The minimum Gasteiger partial charge on any atom is -0.317 e. The fraction of sp³-hybridized carbons (Fsp3) is 0.400. The number of alkyl halides is 1. The maximum Gasteiger partial charge on any atom is 0.138 e. The predicted molar refractivity (Wildman–Crippen MR) is 49.0 cm³/mol. The molecule has 0 saturated carbocycles. The number of nitrogens with one attached hydrogen (secondary N) is 1. The molecule has 1 nitrogen and oxygen atoms in total. The van der Waals surface area contributed by atoms with Crippen molar-refractivity contribution in [2.45, 2.75) is 13.1 Å². The van der Waals surface area contributed by atoms with Crippen molar-refractivity contribution in [1.82, 2.24) is 5.32 Å². The van der Waals surface area contributed by atoms with Gasteiger partial charge in [0, 0.05) is 6.54 Å². The van der Waals surface area contributed by atoms with Gasteiger partial charge in [-0.3, -0.25) is 0 Å². The van der Waals surface area contributed by atoms with Gasteiger partial charge in [-0.05, 0) is 25.1 Å². The van der Waals surface area contributed by atoms with Crippen molar-refractivity contribution < 1.29 is 4.39 Å². The summed E-state index contributed by atoms with van der Waals surface area (Å²) in [6.07, 6.45) is -0.892. The van der Waals surface area contributed by atoms with Crippen LogP contribution < -0.4 is 5.32 Å². The standard InChI is InChI=1S/C10H14FN/c1-8-5-3-4-6-9(8)10(11)7-12-2/h3-6,10,12H,7H2,1-2H3. The van der Waals surface area contributed by atoms with E-state index in [1.54, 1.807) is 7.05 Å². The Morgan fingerprint density at radius 3 is 2.67 bits per heavy atom. The molecule has 1 rings (SSSR count). The van der Waals surface area contributed by atoms with Crippen LogP contribution in [0.3, 0.4) is 0 Å². The van der Waals surface area contributed by atoms with E-state index in [0.29, 0.717) is 6.54 Å². The summed E-state index contributed by atoms with van der Waals surface area (Å²) in [7, 11) is 1.75. The second-order valence-corrected chi connectivity index (χ2v) is 2.88. The summed E-state index contributed by atoms with van der Waals surface area (Å²) >= 11 is 0. The minimum absolute atomic E-state index is 0.380. The third kappa shape index (κ3) is 2.05. The molecule has 0 aliphatic rings. The summed E-state index contributed by atoms with van der Waals surface area (Å²) < 4.78 is 13.3. The number of rotatable bonds is 3. The molecule has 2 heteroatoms. The molecule has 0 aromatic heterocycles. The molecule has 0 aliphatic carbocycles. The molecule has 0 fully saturated rings. The number of aryl methyl sites for hydroxylation is 1. The zero-order valence-corrected chi connectivity index (χ0v) is 7.47. The molecule has 1 unspecified atom stereocenters. The van der Waals surface area contributed by atoms with E-state index in [4.69, 9.17) is 0 Å². The summed E-state index contributed by atoms with van der Waals surface area (Å²) in [4.78, 5) is 0. The zero-order valence-electron chi connectivity index (χ0n) is 7.47. The van der Waals surface area contributed by atoms with E-state index >= 15 is 0 Å². The van der Waals surface area contributed by atoms with Crippen molar-refractivity contribution in [3.63, 3.8) is 0 Å². The van der Waals surface area contributed by atoms with E-state index < -0.39 is 6.17 Å². The molecule has 0 aliphatic heterocycles. The largest absolute Gasteiger partial charge is 0.317 e. The number of benzene rings is 1. The molecule has 1 atom stereocenters. The summed E-state index contributed by atoms with van der Waals surface area (Å²) in [5.41, 5.74) is 1.80. The Hall–Kier alpha value is -0.890. The first-order valence-electron chi connectivity index (χ1n) is 4.10. The van der Waals surface area contributed by atoms with Crippen LogP contribution in [0.25, 0.3) is 0 Å². The van der Waals surface area contributed by atoms with Crippen LogP contribution in [0, 0.1) is 6.92 Å². The van der Waals surface area contributed by atoms with Crippen LogP contribution in [0.1, 0.15) is 17.3 Å². The van der Waals surface area contributed by atoms with Crippen LogP contribution >= 0.6 is 0 Å². The highest BCUT2D eigenvalue weighted by atomic mass is 19.1. The minimum atomic E-state index is -0.892. The maximum atomic E-state index is 13.3. The third-order valence-electron chi connectivity index (χ3n) is 1.91. The van der Waals surface area contributed by atoms with Crippen LogP contribution in [0.15, 0.2) is 24.3 Å². The van der Waals surface area contributed by atoms with Gasteiger partial charge in [-0.1, -0.05) is 24.3 Å². The van der Waals surface area contributed by atoms with Crippen LogP contribution in [-0.4, -0.2) is 13.6 Å². The molecule has 1 aromatic rings. The monoisotopic (exact) mass is 167 g/mol. The van der Waals surface area contributed by atoms with Crippen LogP contribution in [-0.2, 0) is 0 Å². The molecule has 0 saturated heterocycles. The Morgan fingerprint density at radius 2 is 2.08 bits per heavy atom. The van der Waals surface area contributed by atoms with E-state index in [0.717, 1.165) is 11.1 Å². The lowest BCUT2D eigenvalue weighted by Gasteiger charge is -2.09. The van der Waals surface area contributed by atoms with Gasteiger partial charge in [0.25, 0.3) is 0 Å². The highest BCUT2D eigenvalue weighted by Crippen LogP contribution is 2.19. The predicted octanol–water partition coefficient (Wildman–Crippen LogP) is 2.23.